The molecule has 6 nitrogen and oxygen atoms in total. The molecule has 0 atom stereocenters. The van der Waals surface area contributed by atoms with Crippen molar-refractivity contribution in [1.29, 1.82) is 0 Å². The van der Waals surface area contributed by atoms with Crippen molar-refractivity contribution in [3.8, 4) is 0 Å². The SMILES string of the molecule is C=C(C)CN(CC)C(=O)CN1CCN(CC(=O)N2CCCCCC2)CC1. The maximum absolute atomic E-state index is 12.5. The Morgan fingerprint density at radius 2 is 1.42 bits per heavy atom. The van der Waals surface area contributed by atoms with E-state index in [9.17, 15) is 9.59 Å². The zero-order valence-corrected chi connectivity index (χ0v) is 16.7. The van der Waals surface area contributed by atoms with E-state index >= 15 is 0 Å². The molecule has 6 heteroatoms. The summed E-state index contributed by atoms with van der Waals surface area (Å²) in [6.07, 6.45) is 4.77. The van der Waals surface area contributed by atoms with Crippen molar-refractivity contribution in [1.82, 2.24) is 19.6 Å². The predicted octanol–water partition coefficient (Wildman–Crippen LogP) is 1.43. The van der Waals surface area contributed by atoms with Crippen molar-refractivity contribution in [3.63, 3.8) is 0 Å². The highest BCUT2D eigenvalue weighted by atomic mass is 16.2. The predicted molar refractivity (Wildman–Crippen MR) is 105 cm³/mol. The second kappa shape index (κ2) is 10.7. The van der Waals surface area contributed by atoms with Gasteiger partial charge in [-0.15, -0.1) is 0 Å². The number of hydrogen-bond donors (Lipinski definition) is 0. The Morgan fingerprint density at radius 3 is 1.92 bits per heavy atom. The van der Waals surface area contributed by atoms with E-state index in [-0.39, 0.29) is 11.8 Å². The van der Waals surface area contributed by atoms with Crippen LogP contribution in [-0.2, 0) is 9.59 Å². The smallest absolute Gasteiger partial charge is 0.237 e. The van der Waals surface area contributed by atoms with Crippen LogP contribution in [0, 0.1) is 0 Å². The van der Waals surface area contributed by atoms with E-state index < -0.39 is 0 Å². The summed E-state index contributed by atoms with van der Waals surface area (Å²) in [5.41, 5.74) is 1.01. The van der Waals surface area contributed by atoms with Crippen molar-refractivity contribution in [2.45, 2.75) is 39.5 Å². The highest BCUT2D eigenvalue weighted by molar-refractivity contribution is 5.79. The van der Waals surface area contributed by atoms with Crippen LogP contribution >= 0.6 is 0 Å². The zero-order chi connectivity index (χ0) is 18.9. The van der Waals surface area contributed by atoms with Gasteiger partial charge in [0.25, 0.3) is 0 Å². The standard InChI is InChI=1S/C20H36N4O2/c1-4-23(15-18(2)3)19(25)16-21-11-13-22(14-12-21)17-20(26)24-9-7-5-6-8-10-24/h2,4-17H2,1,3H3. The van der Waals surface area contributed by atoms with Crippen LogP contribution in [0.25, 0.3) is 0 Å². The molecule has 0 radical (unpaired) electrons. The Labute approximate surface area is 158 Å². The lowest BCUT2D eigenvalue weighted by Crippen LogP contribution is -2.52. The summed E-state index contributed by atoms with van der Waals surface area (Å²) in [5, 5.41) is 0. The summed E-state index contributed by atoms with van der Waals surface area (Å²) in [7, 11) is 0. The molecular formula is C20H36N4O2. The van der Waals surface area contributed by atoms with Gasteiger partial charge in [-0.3, -0.25) is 19.4 Å². The van der Waals surface area contributed by atoms with Gasteiger partial charge in [0, 0.05) is 52.4 Å². The van der Waals surface area contributed by atoms with E-state index in [4.69, 9.17) is 0 Å². The van der Waals surface area contributed by atoms with E-state index in [1.807, 2.05) is 23.6 Å². The molecule has 0 aromatic heterocycles. The Balaban J connectivity index is 1.71. The second-order valence-corrected chi connectivity index (χ2v) is 7.71. The molecule has 0 bridgehead atoms. The van der Waals surface area contributed by atoms with E-state index in [1.54, 1.807) is 0 Å². The third-order valence-electron chi connectivity index (χ3n) is 5.34. The average molecular weight is 365 g/mol. The number of carbonyl (C=O) groups excluding carboxylic acids is 2. The maximum Gasteiger partial charge on any atom is 0.237 e. The first-order chi connectivity index (χ1) is 12.5. The Kier molecular flexibility index (Phi) is 8.59. The lowest BCUT2D eigenvalue weighted by molar-refractivity contribution is -0.135. The molecule has 2 heterocycles. The van der Waals surface area contributed by atoms with Gasteiger partial charge in [0.1, 0.15) is 0 Å². The first-order valence-electron chi connectivity index (χ1n) is 10.1. The largest absolute Gasteiger partial charge is 0.342 e. The highest BCUT2D eigenvalue weighted by Gasteiger charge is 2.24. The fraction of sp³-hybridized carbons (Fsp3) is 0.800. The molecule has 0 aromatic rings. The minimum absolute atomic E-state index is 0.171. The van der Waals surface area contributed by atoms with Crippen molar-refractivity contribution < 1.29 is 9.59 Å². The number of nitrogens with zero attached hydrogens (tertiary/aromatic N) is 4. The van der Waals surface area contributed by atoms with Crippen LogP contribution in [0.4, 0.5) is 0 Å². The molecule has 0 unspecified atom stereocenters. The van der Waals surface area contributed by atoms with Crippen molar-refractivity contribution >= 4 is 11.8 Å². The number of likely N-dealkylation sites (N-methyl/N-ethyl adjacent to an activating group) is 1. The Morgan fingerprint density at radius 1 is 0.885 bits per heavy atom. The average Bonchev–Trinajstić information content (AvgIpc) is 2.90. The monoisotopic (exact) mass is 364 g/mol. The van der Waals surface area contributed by atoms with Crippen LogP contribution in [0.3, 0.4) is 0 Å². The Hall–Kier alpha value is -1.40. The summed E-state index contributed by atoms with van der Waals surface area (Å²) in [5.74, 6) is 0.444. The summed E-state index contributed by atoms with van der Waals surface area (Å²) < 4.78 is 0. The molecule has 26 heavy (non-hydrogen) atoms. The summed E-state index contributed by atoms with van der Waals surface area (Å²) in [6.45, 7) is 15.5. The molecule has 0 spiro atoms. The molecule has 2 saturated heterocycles. The van der Waals surface area contributed by atoms with Crippen molar-refractivity contribution in [3.05, 3.63) is 12.2 Å². The van der Waals surface area contributed by atoms with Gasteiger partial charge in [0.2, 0.25) is 11.8 Å². The molecule has 2 fully saturated rings. The van der Waals surface area contributed by atoms with E-state index in [2.05, 4.69) is 16.4 Å². The number of piperazine rings is 1. The molecule has 2 amide bonds. The molecule has 0 N–H and O–H groups in total. The van der Waals surface area contributed by atoms with Crippen LogP contribution in [0.5, 0.6) is 0 Å². The van der Waals surface area contributed by atoms with Crippen LogP contribution in [-0.4, -0.2) is 96.9 Å². The van der Waals surface area contributed by atoms with Gasteiger partial charge in [-0.1, -0.05) is 25.0 Å². The van der Waals surface area contributed by atoms with Crippen molar-refractivity contribution in [2.24, 2.45) is 0 Å². The van der Waals surface area contributed by atoms with Gasteiger partial charge in [-0.2, -0.15) is 0 Å². The van der Waals surface area contributed by atoms with Gasteiger partial charge in [0.15, 0.2) is 0 Å². The number of likely N-dealkylation sites (tertiary alicyclic amines) is 1. The summed E-state index contributed by atoms with van der Waals surface area (Å²) in [6, 6.07) is 0. The van der Waals surface area contributed by atoms with Crippen LogP contribution in [0.15, 0.2) is 12.2 Å². The minimum atomic E-state index is 0.171. The molecule has 2 aliphatic heterocycles. The van der Waals surface area contributed by atoms with E-state index in [1.165, 1.54) is 12.8 Å². The quantitative estimate of drug-likeness (QED) is 0.641. The summed E-state index contributed by atoms with van der Waals surface area (Å²) >= 11 is 0. The fourth-order valence-corrected chi connectivity index (χ4v) is 3.71. The van der Waals surface area contributed by atoms with Crippen LogP contribution in [0.1, 0.15) is 39.5 Å². The summed E-state index contributed by atoms with van der Waals surface area (Å²) in [4.78, 5) is 33.3. The molecule has 2 aliphatic rings. The molecule has 148 valence electrons. The van der Waals surface area contributed by atoms with Crippen LogP contribution < -0.4 is 0 Å². The fourth-order valence-electron chi connectivity index (χ4n) is 3.71. The first kappa shape index (κ1) is 20.9. The Bertz CT molecular complexity index is 478. The van der Waals surface area contributed by atoms with Gasteiger partial charge >= 0.3 is 0 Å². The van der Waals surface area contributed by atoms with Gasteiger partial charge in [0.05, 0.1) is 13.1 Å². The normalized spacial score (nSPS) is 19.8. The van der Waals surface area contributed by atoms with Gasteiger partial charge in [-0.05, 0) is 26.7 Å². The lowest BCUT2D eigenvalue weighted by atomic mass is 10.2. The molecule has 0 saturated carbocycles. The van der Waals surface area contributed by atoms with E-state index in [0.717, 1.165) is 64.2 Å². The third kappa shape index (κ3) is 6.72. The maximum atomic E-state index is 12.5. The number of hydrogen-bond acceptors (Lipinski definition) is 4. The third-order valence-corrected chi connectivity index (χ3v) is 5.34. The zero-order valence-electron chi connectivity index (χ0n) is 16.7. The lowest BCUT2D eigenvalue weighted by Gasteiger charge is -2.35. The van der Waals surface area contributed by atoms with Crippen molar-refractivity contribution in [2.75, 3.05) is 65.4 Å². The first-order valence-corrected chi connectivity index (χ1v) is 10.1. The molecular weight excluding hydrogens is 328 g/mol. The molecule has 0 aliphatic carbocycles. The topological polar surface area (TPSA) is 47.1 Å². The van der Waals surface area contributed by atoms with Gasteiger partial charge < -0.3 is 9.80 Å². The number of carbonyl (C=O) groups is 2. The van der Waals surface area contributed by atoms with Crippen LogP contribution in [0.2, 0.25) is 0 Å². The highest BCUT2D eigenvalue weighted by Crippen LogP contribution is 2.11. The van der Waals surface area contributed by atoms with E-state index in [0.29, 0.717) is 19.6 Å². The number of amides is 2. The second-order valence-electron chi connectivity index (χ2n) is 7.71. The molecule has 2 rings (SSSR count). The minimum Gasteiger partial charge on any atom is -0.342 e. The molecule has 0 aromatic carbocycles. The number of rotatable bonds is 7. The van der Waals surface area contributed by atoms with Gasteiger partial charge in [-0.25, -0.2) is 0 Å².